The Hall–Kier alpha value is -2.62. The lowest BCUT2D eigenvalue weighted by Crippen LogP contribution is -2.15. The number of amides is 1. The number of rotatable bonds is 7. The summed E-state index contributed by atoms with van der Waals surface area (Å²) in [5.41, 5.74) is 2.45. The fourth-order valence-electron chi connectivity index (χ4n) is 2.12. The molecule has 2 rings (SSSR count). The number of anilines is 1. The Kier molecular flexibility index (Phi) is 5.92. The second-order valence-electron chi connectivity index (χ2n) is 5.28. The molecule has 1 amide bonds. The summed E-state index contributed by atoms with van der Waals surface area (Å²) >= 11 is 0. The molecule has 2 aromatic carbocycles. The Morgan fingerprint density at radius 1 is 1.09 bits per heavy atom. The van der Waals surface area contributed by atoms with Crippen LogP contribution in [0.1, 0.15) is 36.2 Å². The SMILES string of the molecule is CCc1ccc(OCCC(=O)Nc2cccc(C(C)=O)c2)cc1. The van der Waals surface area contributed by atoms with Crippen LogP contribution in [0.4, 0.5) is 5.69 Å². The molecule has 0 saturated heterocycles. The third kappa shape index (κ3) is 5.25. The van der Waals surface area contributed by atoms with Crippen LogP contribution in [0.5, 0.6) is 5.75 Å². The van der Waals surface area contributed by atoms with E-state index in [9.17, 15) is 9.59 Å². The molecule has 0 heterocycles. The second kappa shape index (κ2) is 8.13. The first kappa shape index (κ1) is 16.7. The number of hydrogen-bond acceptors (Lipinski definition) is 3. The normalized spacial score (nSPS) is 10.2. The molecule has 0 atom stereocenters. The monoisotopic (exact) mass is 311 g/mol. The van der Waals surface area contributed by atoms with Gasteiger partial charge in [-0.25, -0.2) is 0 Å². The van der Waals surface area contributed by atoms with Crippen molar-refractivity contribution < 1.29 is 14.3 Å². The van der Waals surface area contributed by atoms with E-state index in [0.29, 0.717) is 17.9 Å². The van der Waals surface area contributed by atoms with Gasteiger partial charge in [0.05, 0.1) is 13.0 Å². The Bertz CT molecular complexity index is 677. The van der Waals surface area contributed by atoms with Crippen LogP contribution in [-0.4, -0.2) is 18.3 Å². The van der Waals surface area contributed by atoms with E-state index in [1.54, 1.807) is 24.3 Å². The average Bonchev–Trinajstić information content (AvgIpc) is 2.55. The van der Waals surface area contributed by atoms with Crippen molar-refractivity contribution in [3.05, 3.63) is 59.7 Å². The number of carbonyl (C=O) groups is 2. The van der Waals surface area contributed by atoms with Gasteiger partial charge in [0.25, 0.3) is 0 Å². The standard InChI is InChI=1S/C19H21NO3/c1-3-15-7-9-18(10-8-15)23-12-11-19(22)20-17-6-4-5-16(13-17)14(2)21/h4-10,13H,3,11-12H2,1-2H3,(H,20,22). The fraction of sp³-hybridized carbons (Fsp3) is 0.263. The van der Waals surface area contributed by atoms with Gasteiger partial charge in [-0.15, -0.1) is 0 Å². The number of ether oxygens (including phenoxy) is 1. The highest BCUT2D eigenvalue weighted by molar-refractivity contribution is 5.97. The van der Waals surface area contributed by atoms with E-state index in [1.807, 2.05) is 24.3 Å². The summed E-state index contributed by atoms with van der Waals surface area (Å²) in [6.45, 7) is 3.91. The molecular weight excluding hydrogens is 290 g/mol. The van der Waals surface area contributed by atoms with E-state index in [1.165, 1.54) is 12.5 Å². The van der Waals surface area contributed by atoms with Crippen LogP contribution in [0.2, 0.25) is 0 Å². The van der Waals surface area contributed by atoms with Crippen LogP contribution in [0.25, 0.3) is 0 Å². The van der Waals surface area contributed by atoms with Gasteiger partial charge in [-0.05, 0) is 43.2 Å². The molecule has 0 unspecified atom stereocenters. The van der Waals surface area contributed by atoms with Crippen molar-refractivity contribution in [1.82, 2.24) is 0 Å². The lowest BCUT2D eigenvalue weighted by Gasteiger charge is -2.08. The van der Waals surface area contributed by atoms with Gasteiger partial charge in [-0.1, -0.05) is 31.2 Å². The molecule has 2 aromatic rings. The first-order valence-corrected chi connectivity index (χ1v) is 7.71. The van der Waals surface area contributed by atoms with E-state index in [4.69, 9.17) is 4.74 Å². The van der Waals surface area contributed by atoms with Crippen LogP contribution in [0, 0.1) is 0 Å². The molecule has 120 valence electrons. The maximum atomic E-state index is 11.9. The summed E-state index contributed by atoms with van der Waals surface area (Å²) in [7, 11) is 0. The molecule has 23 heavy (non-hydrogen) atoms. The zero-order valence-electron chi connectivity index (χ0n) is 13.5. The molecule has 0 aliphatic carbocycles. The minimum absolute atomic E-state index is 0.0278. The van der Waals surface area contributed by atoms with E-state index in [2.05, 4.69) is 12.2 Å². The topological polar surface area (TPSA) is 55.4 Å². The lowest BCUT2D eigenvalue weighted by atomic mass is 10.1. The van der Waals surface area contributed by atoms with Gasteiger partial charge in [-0.3, -0.25) is 9.59 Å². The van der Waals surface area contributed by atoms with Gasteiger partial charge < -0.3 is 10.1 Å². The predicted molar refractivity (Wildman–Crippen MR) is 91.0 cm³/mol. The Morgan fingerprint density at radius 2 is 1.83 bits per heavy atom. The third-order valence-corrected chi connectivity index (χ3v) is 3.48. The molecule has 0 aliphatic heterocycles. The molecule has 0 spiro atoms. The van der Waals surface area contributed by atoms with Crippen LogP contribution in [-0.2, 0) is 11.2 Å². The predicted octanol–water partition coefficient (Wildman–Crippen LogP) is 3.86. The van der Waals surface area contributed by atoms with E-state index in [-0.39, 0.29) is 18.1 Å². The fourth-order valence-corrected chi connectivity index (χ4v) is 2.12. The largest absolute Gasteiger partial charge is 0.493 e. The number of aryl methyl sites for hydroxylation is 1. The molecule has 0 fully saturated rings. The van der Waals surface area contributed by atoms with Crippen LogP contribution >= 0.6 is 0 Å². The van der Waals surface area contributed by atoms with Gasteiger partial charge in [0.15, 0.2) is 5.78 Å². The Labute approximate surface area is 136 Å². The van der Waals surface area contributed by atoms with Gasteiger partial charge in [-0.2, -0.15) is 0 Å². The van der Waals surface area contributed by atoms with Gasteiger partial charge in [0.1, 0.15) is 5.75 Å². The van der Waals surface area contributed by atoms with E-state index < -0.39 is 0 Å². The van der Waals surface area contributed by atoms with E-state index >= 15 is 0 Å². The molecule has 1 N–H and O–H groups in total. The second-order valence-corrected chi connectivity index (χ2v) is 5.28. The van der Waals surface area contributed by atoms with Crippen molar-refractivity contribution >= 4 is 17.4 Å². The Balaban J connectivity index is 1.80. The maximum absolute atomic E-state index is 11.9. The van der Waals surface area contributed by atoms with Crippen molar-refractivity contribution in [3.63, 3.8) is 0 Å². The average molecular weight is 311 g/mol. The summed E-state index contributed by atoms with van der Waals surface area (Å²) in [5.74, 6) is 0.587. The van der Waals surface area contributed by atoms with Crippen LogP contribution < -0.4 is 10.1 Å². The van der Waals surface area contributed by atoms with Crippen molar-refractivity contribution in [2.75, 3.05) is 11.9 Å². The highest BCUT2D eigenvalue weighted by atomic mass is 16.5. The number of Topliss-reactive ketones (excluding diaryl/α,β-unsaturated/α-hetero) is 1. The minimum atomic E-state index is -0.143. The number of hydrogen-bond donors (Lipinski definition) is 1. The molecule has 0 bridgehead atoms. The van der Waals surface area contributed by atoms with Crippen molar-refractivity contribution in [2.24, 2.45) is 0 Å². The number of carbonyl (C=O) groups excluding carboxylic acids is 2. The first-order chi connectivity index (χ1) is 11.1. The summed E-state index contributed by atoms with van der Waals surface area (Å²) in [4.78, 5) is 23.2. The zero-order valence-corrected chi connectivity index (χ0v) is 13.5. The van der Waals surface area contributed by atoms with Crippen molar-refractivity contribution in [2.45, 2.75) is 26.7 Å². The number of nitrogens with one attached hydrogen (secondary N) is 1. The highest BCUT2D eigenvalue weighted by Gasteiger charge is 2.05. The molecule has 0 saturated carbocycles. The third-order valence-electron chi connectivity index (χ3n) is 3.48. The molecular formula is C19H21NO3. The van der Waals surface area contributed by atoms with Gasteiger partial charge >= 0.3 is 0 Å². The first-order valence-electron chi connectivity index (χ1n) is 7.71. The van der Waals surface area contributed by atoms with Crippen molar-refractivity contribution in [3.8, 4) is 5.75 Å². The maximum Gasteiger partial charge on any atom is 0.227 e. The molecule has 4 nitrogen and oxygen atoms in total. The molecule has 0 aliphatic rings. The minimum Gasteiger partial charge on any atom is -0.493 e. The summed E-state index contributed by atoms with van der Waals surface area (Å²) < 4.78 is 5.56. The quantitative estimate of drug-likeness (QED) is 0.790. The van der Waals surface area contributed by atoms with Crippen molar-refractivity contribution in [1.29, 1.82) is 0 Å². The Morgan fingerprint density at radius 3 is 2.48 bits per heavy atom. The summed E-state index contributed by atoms with van der Waals surface area (Å²) in [6.07, 6.45) is 1.24. The molecule has 0 aromatic heterocycles. The van der Waals surface area contributed by atoms with Gasteiger partial charge in [0, 0.05) is 11.3 Å². The number of benzene rings is 2. The summed E-state index contributed by atoms with van der Waals surface area (Å²) in [6, 6.07) is 14.8. The number of ketones is 1. The smallest absolute Gasteiger partial charge is 0.227 e. The van der Waals surface area contributed by atoms with E-state index in [0.717, 1.165) is 12.2 Å². The van der Waals surface area contributed by atoms with Crippen LogP contribution in [0.15, 0.2) is 48.5 Å². The van der Waals surface area contributed by atoms with Crippen LogP contribution in [0.3, 0.4) is 0 Å². The zero-order chi connectivity index (χ0) is 16.7. The lowest BCUT2D eigenvalue weighted by molar-refractivity contribution is -0.116. The summed E-state index contributed by atoms with van der Waals surface area (Å²) in [5, 5.41) is 2.77. The molecule has 4 heteroatoms. The highest BCUT2D eigenvalue weighted by Crippen LogP contribution is 2.14. The van der Waals surface area contributed by atoms with Gasteiger partial charge in [0.2, 0.25) is 5.91 Å². The molecule has 0 radical (unpaired) electrons.